The van der Waals surface area contributed by atoms with Crippen molar-refractivity contribution in [3.05, 3.63) is 29.8 Å². The lowest BCUT2D eigenvalue weighted by molar-refractivity contribution is -0.174. The lowest BCUT2D eigenvalue weighted by atomic mass is 10.00. The average Bonchev–Trinajstić information content (AvgIpc) is 2.52. The van der Waals surface area contributed by atoms with Crippen LogP contribution < -0.4 is 11.1 Å². The maximum Gasteiger partial charge on any atom is 0.471 e. The zero-order valence-electron chi connectivity index (χ0n) is 13.4. The van der Waals surface area contributed by atoms with E-state index in [0.29, 0.717) is 11.3 Å². The molecule has 0 aliphatic carbocycles. The summed E-state index contributed by atoms with van der Waals surface area (Å²) in [5.41, 5.74) is 6.78. The van der Waals surface area contributed by atoms with Gasteiger partial charge < -0.3 is 11.1 Å². The van der Waals surface area contributed by atoms with E-state index in [1.165, 1.54) is 14.2 Å². The van der Waals surface area contributed by atoms with Gasteiger partial charge in [-0.2, -0.15) is 13.2 Å². The number of halogens is 3. The second-order valence-electron chi connectivity index (χ2n) is 5.18. The minimum absolute atomic E-state index is 0.0166. The molecule has 0 fully saturated rings. The largest absolute Gasteiger partial charge is 0.471 e. The fraction of sp³-hybridized carbons (Fsp3) is 0.467. The summed E-state index contributed by atoms with van der Waals surface area (Å²) in [5.74, 6) is -2.46. The van der Waals surface area contributed by atoms with Gasteiger partial charge >= 0.3 is 12.1 Å². The molecule has 0 unspecified atom stereocenters. The highest BCUT2D eigenvalue weighted by molar-refractivity contribution is 5.82. The van der Waals surface area contributed by atoms with Gasteiger partial charge in [-0.3, -0.25) is 14.4 Å². The molecule has 9 heteroatoms. The molecule has 134 valence electrons. The van der Waals surface area contributed by atoms with Crippen molar-refractivity contribution >= 4 is 17.5 Å². The number of hydrogen-bond donors (Lipinski definition) is 2. The van der Waals surface area contributed by atoms with E-state index in [2.05, 4.69) is 0 Å². The van der Waals surface area contributed by atoms with E-state index in [9.17, 15) is 22.8 Å². The van der Waals surface area contributed by atoms with Gasteiger partial charge in [0, 0.05) is 25.2 Å². The number of anilines is 1. The molecule has 0 spiro atoms. The van der Waals surface area contributed by atoms with E-state index in [4.69, 9.17) is 10.6 Å². The van der Waals surface area contributed by atoms with E-state index >= 15 is 0 Å². The molecule has 1 aromatic carbocycles. The van der Waals surface area contributed by atoms with Gasteiger partial charge in [-0.25, -0.2) is 5.06 Å². The van der Waals surface area contributed by atoms with Crippen LogP contribution in [-0.2, 0) is 20.8 Å². The van der Waals surface area contributed by atoms with E-state index in [1.807, 2.05) is 5.32 Å². The Hall–Kier alpha value is -2.29. The Bertz CT molecular complexity index is 579. The number of hydroxylamine groups is 2. The summed E-state index contributed by atoms with van der Waals surface area (Å²) in [6.07, 6.45) is -4.98. The molecule has 0 aliphatic rings. The molecule has 0 aromatic heterocycles. The predicted octanol–water partition coefficient (Wildman–Crippen LogP) is 1.66. The van der Waals surface area contributed by atoms with Gasteiger partial charge in [0.2, 0.25) is 5.91 Å². The highest BCUT2D eigenvalue weighted by Crippen LogP contribution is 2.18. The third kappa shape index (κ3) is 6.07. The number of benzene rings is 1. The number of amides is 2. The first-order chi connectivity index (χ1) is 11.1. The van der Waals surface area contributed by atoms with Gasteiger partial charge in [-0.1, -0.05) is 18.2 Å². The van der Waals surface area contributed by atoms with Gasteiger partial charge in [0.1, 0.15) is 0 Å². The van der Waals surface area contributed by atoms with Crippen molar-refractivity contribution in [1.29, 1.82) is 0 Å². The number of alkyl halides is 3. The van der Waals surface area contributed by atoms with Gasteiger partial charge in [0.05, 0.1) is 7.11 Å². The van der Waals surface area contributed by atoms with Crippen molar-refractivity contribution in [2.24, 2.45) is 0 Å². The van der Waals surface area contributed by atoms with E-state index in [-0.39, 0.29) is 19.3 Å². The van der Waals surface area contributed by atoms with Crippen LogP contribution in [0.5, 0.6) is 0 Å². The van der Waals surface area contributed by atoms with E-state index in [0.717, 1.165) is 5.06 Å². The fourth-order valence-electron chi connectivity index (χ4n) is 2.04. The topological polar surface area (TPSA) is 84.7 Å². The van der Waals surface area contributed by atoms with Crippen LogP contribution in [-0.4, -0.2) is 43.3 Å². The summed E-state index contributed by atoms with van der Waals surface area (Å²) in [5, 5.41) is 2.89. The summed E-state index contributed by atoms with van der Waals surface area (Å²) in [6, 6.07) is 5.77. The van der Waals surface area contributed by atoms with Crippen molar-refractivity contribution in [3.8, 4) is 0 Å². The minimum Gasteiger partial charge on any atom is -0.399 e. The van der Waals surface area contributed by atoms with Gasteiger partial charge in [-0.15, -0.1) is 0 Å². The van der Waals surface area contributed by atoms with Crippen LogP contribution in [0.4, 0.5) is 18.9 Å². The second-order valence-corrected chi connectivity index (χ2v) is 5.18. The van der Waals surface area contributed by atoms with Crippen molar-refractivity contribution < 1.29 is 27.6 Å². The smallest absolute Gasteiger partial charge is 0.399 e. The number of carbonyl (C=O) groups excluding carboxylic acids is 2. The zero-order chi connectivity index (χ0) is 18.3. The predicted molar refractivity (Wildman–Crippen MR) is 81.6 cm³/mol. The molecule has 1 aromatic rings. The molecule has 0 aliphatic heterocycles. The molecular weight excluding hydrogens is 327 g/mol. The van der Waals surface area contributed by atoms with Crippen LogP contribution in [0.2, 0.25) is 0 Å². The molecule has 6 nitrogen and oxygen atoms in total. The Kier molecular flexibility index (Phi) is 7.02. The molecule has 0 saturated carbocycles. The van der Waals surface area contributed by atoms with Crippen LogP contribution in [0.25, 0.3) is 0 Å². The number of nitrogens with zero attached hydrogens (tertiary/aromatic N) is 1. The highest BCUT2D eigenvalue weighted by atomic mass is 19.4. The van der Waals surface area contributed by atoms with Crippen LogP contribution in [0.1, 0.15) is 18.4 Å². The standard InChI is InChI=1S/C15H20F3N3O3/c1-21(24-2)13(22)8-7-11(20-14(23)15(16,17)18)9-10-5-3-4-6-12(10)19/h3-6,11H,7-9,19H2,1-2H3,(H,20,23)/t11-/m0/s1. The lowest BCUT2D eigenvalue weighted by Crippen LogP contribution is -2.44. The first-order valence-corrected chi connectivity index (χ1v) is 7.17. The molecular formula is C15H20F3N3O3. The minimum atomic E-state index is -4.99. The molecule has 1 rings (SSSR count). The quantitative estimate of drug-likeness (QED) is 0.580. The van der Waals surface area contributed by atoms with Crippen molar-refractivity contribution in [3.63, 3.8) is 0 Å². The van der Waals surface area contributed by atoms with Crippen molar-refractivity contribution in [2.45, 2.75) is 31.5 Å². The SMILES string of the molecule is CON(C)C(=O)CC[C@@H](Cc1ccccc1N)NC(=O)C(F)(F)F. The molecule has 24 heavy (non-hydrogen) atoms. The first kappa shape index (κ1) is 19.8. The fourth-order valence-corrected chi connectivity index (χ4v) is 2.04. The Morgan fingerprint density at radius 3 is 2.50 bits per heavy atom. The highest BCUT2D eigenvalue weighted by Gasteiger charge is 2.39. The molecule has 2 amide bonds. The third-order valence-corrected chi connectivity index (χ3v) is 3.45. The summed E-state index contributed by atoms with van der Waals surface area (Å²) >= 11 is 0. The molecule has 0 radical (unpaired) electrons. The number of nitrogen functional groups attached to an aromatic ring is 1. The number of hydrogen-bond acceptors (Lipinski definition) is 4. The third-order valence-electron chi connectivity index (χ3n) is 3.45. The average molecular weight is 347 g/mol. The number of nitrogens with two attached hydrogens (primary N) is 1. The monoisotopic (exact) mass is 347 g/mol. The van der Waals surface area contributed by atoms with Gasteiger partial charge in [-0.05, 0) is 24.5 Å². The molecule has 3 N–H and O–H groups in total. The first-order valence-electron chi connectivity index (χ1n) is 7.17. The molecule has 0 heterocycles. The maximum absolute atomic E-state index is 12.5. The lowest BCUT2D eigenvalue weighted by Gasteiger charge is -2.21. The molecule has 0 saturated heterocycles. The van der Waals surface area contributed by atoms with Crippen LogP contribution >= 0.6 is 0 Å². The van der Waals surface area contributed by atoms with Crippen LogP contribution in [0.3, 0.4) is 0 Å². The molecule has 0 bridgehead atoms. The van der Waals surface area contributed by atoms with Crippen molar-refractivity contribution in [2.75, 3.05) is 19.9 Å². The number of nitrogens with one attached hydrogen (secondary N) is 1. The zero-order valence-corrected chi connectivity index (χ0v) is 13.4. The summed E-state index contributed by atoms with van der Waals surface area (Å²) in [6.45, 7) is 0. The number of rotatable bonds is 7. The summed E-state index contributed by atoms with van der Waals surface area (Å²) < 4.78 is 37.4. The van der Waals surface area contributed by atoms with Crippen LogP contribution in [0.15, 0.2) is 24.3 Å². The maximum atomic E-state index is 12.5. The summed E-state index contributed by atoms with van der Waals surface area (Å²) in [4.78, 5) is 27.6. The normalized spacial score (nSPS) is 12.5. The van der Waals surface area contributed by atoms with Gasteiger partial charge in [0.25, 0.3) is 0 Å². The van der Waals surface area contributed by atoms with Gasteiger partial charge in [0.15, 0.2) is 0 Å². The van der Waals surface area contributed by atoms with Crippen LogP contribution in [0, 0.1) is 0 Å². The Balaban J connectivity index is 2.81. The Morgan fingerprint density at radius 2 is 1.96 bits per heavy atom. The van der Waals surface area contributed by atoms with Crippen molar-refractivity contribution in [1.82, 2.24) is 10.4 Å². The second kappa shape index (κ2) is 8.53. The Morgan fingerprint density at radius 1 is 1.33 bits per heavy atom. The van der Waals surface area contributed by atoms with E-state index < -0.39 is 24.0 Å². The summed E-state index contributed by atoms with van der Waals surface area (Å²) in [7, 11) is 2.69. The number of carbonyl (C=O) groups is 2. The molecule has 1 atom stereocenters. The van der Waals surface area contributed by atoms with E-state index in [1.54, 1.807) is 24.3 Å². The number of para-hydroxylation sites is 1. The Labute approximate surface area is 137 Å².